The molecule has 0 aliphatic carbocycles. The first-order valence-corrected chi connectivity index (χ1v) is 18.4. The van der Waals surface area contributed by atoms with Crippen LogP contribution < -0.4 is 18.7 Å². The predicted molar refractivity (Wildman–Crippen MR) is 195 cm³/mol. The molecule has 0 spiro atoms. The van der Waals surface area contributed by atoms with Gasteiger partial charge in [0.25, 0.3) is 0 Å². The summed E-state index contributed by atoms with van der Waals surface area (Å²) < 4.78 is 68.5. The number of nitrogens with zero attached hydrogens (tertiary/aromatic N) is 3. The van der Waals surface area contributed by atoms with Gasteiger partial charge in [-0.15, -0.1) is 0 Å². The van der Waals surface area contributed by atoms with Crippen molar-refractivity contribution in [1.29, 1.82) is 0 Å². The zero-order valence-electron chi connectivity index (χ0n) is 31.1. The summed E-state index contributed by atoms with van der Waals surface area (Å²) in [4.78, 5) is 53.9. The summed E-state index contributed by atoms with van der Waals surface area (Å²) in [6, 6.07) is 8.68. The van der Waals surface area contributed by atoms with E-state index in [1.807, 2.05) is 6.92 Å². The molecule has 1 heterocycles. The lowest BCUT2D eigenvalue weighted by Crippen LogP contribution is -2.48. The fourth-order valence-corrected chi connectivity index (χ4v) is 6.41. The van der Waals surface area contributed by atoms with Crippen molar-refractivity contribution in [2.24, 2.45) is 0 Å². The number of halogens is 1. The average Bonchev–Trinajstić information content (AvgIpc) is 3.41. The third kappa shape index (κ3) is 12.0. The molecule has 1 aliphatic heterocycles. The van der Waals surface area contributed by atoms with Gasteiger partial charge in [0, 0.05) is 31.1 Å². The second kappa shape index (κ2) is 17.6. The topological polar surface area (TPSA) is 181 Å². The van der Waals surface area contributed by atoms with Gasteiger partial charge in [0.15, 0.2) is 5.82 Å². The van der Waals surface area contributed by atoms with E-state index in [9.17, 15) is 32.7 Å². The Labute approximate surface area is 309 Å². The van der Waals surface area contributed by atoms with Gasteiger partial charge in [-0.3, -0.25) is 9.69 Å². The molecule has 0 saturated carbocycles. The SMILES string of the molecule is C=CCOC(=O)NS(=O)(=O)N(CC(=O)OC(C)(C)C)c1c(OCc2ccccc2)cc2c(c1F)C[C@H](CN(CCCC)C(=O)OC(C)(C)C)N2C(=O)O. The standard InChI is InChI=1S/C36H49FN4O11S/c1-9-11-17-39(34(46)52-36(6,7)8)21-25-19-26-27(41(25)33(44)45)20-28(50-23-24-15-13-12-14-16-24)31(30(26)37)40(22-29(42)51-35(3,4)5)53(47,48)38-32(43)49-18-10-2/h10,12-16,20,25H,2,9,11,17-19,21-23H2,1,3-8H3,(H,38,43)(H,44,45)/t25-/m1/s1. The van der Waals surface area contributed by atoms with E-state index in [2.05, 4.69) is 6.58 Å². The molecule has 0 fully saturated rings. The smallest absolute Gasteiger partial charge is 0.422 e. The van der Waals surface area contributed by atoms with Crippen LogP contribution in [-0.2, 0) is 42.2 Å². The van der Waals surface area contributed by atoms with Crippen molar-refractivity contribution in [3.63, 3.8) is 0 Å². The van der Waals surface area contributed by atoms with Crippen molar-refractivity contribution in [2.75, 3.05) is 35.4 Å². The summed E-state index contributed by atoms with van der Waals surface area (Å²) in [5.41, 5.74) is -2.55. The van der Waals surface area contributed by atoms with Crippen molar-refractivity contribution in [3.05, 3.63) is 66.0 Å². The van der Waals surface area contributed by atoms with Crippen molar-refractivity contribution in [3.8, 4) is 5.75 Å². The minimum Gasteiger partial charge on any atom is -0.487 e. The van der Waals surface area contributed by atoms with Crippen LogP contribution in [0.25, 0.3) is 0 Å². The normalized spacial score (nSPS) is 14.1. The van der Waals surface area contributed by atoms with Crippen molar-refractivity contribution < 1.29 is 56.0 Å². The number of carbonyl (C=O) groups is 4. The quantitative estimate of drug-likeness (QED) is 0.121. The molecule has 0 saturated heterocycles. The van der Waals surface area contributed by atoms with Gasteiger partial charge >= 0.3 is 34.5 Å². The molecule has 0 radical (unpaired) electrons. The predicted octanol–water partition coefficient (Wildman–Crippen LogP) is 6.16. The van der Waals surface area contributed by atoms with Crippen LogP contribution in [0.3, 0.4) is 0 Å². The number of benzene rings is 2. The maximum Gasteiger partial charge on any atom is 0.422 e. The second-order valence-corrected chi connectivity index (χ2v) is 15.8. The Balaban J connectivity index is 2.24. The van der Waals surface area contributed by atoms with E-state index in [4.69, 9.17) is 18.9 Å². The maximum atomic E-state index is 17.2. The molecular formula is C36H49FN4O11S. The van der Waals surface area contributed by atoms with Crippen LogP contribution in [0.4, 0.5) is 30.1 Å². The number of ether oxygens (including phenoxy) is 4. The molecule has 1 atom stereocenters. The van der Waals surface area contributed by atoms with E-state index in [0.29, 0.717) is 18.4 Å². The van der Waals surface area contributed by atoms with E-state index in [0.717, 1.165) is 11.0 Å². The fourth-order valence-electron chi connectivity index (χ4n) is 5.35. The van der Waals surface area contributed by atoms with Crippen molar-refractivity contribution in [1.82, 2.24) is 9.62 Å². The molecule has 2 aromatic rings. The third-order valence-electron chi connectivity index (χ3n) is 7.43. The summed E-state index contributed by atoms with van der Waals surface area (Å²) in [5.74, 6) is -2.82. The number of hydrogen-bond donors (Lipinski definition) is 2. The fraction of sp³-hybridized carbons (Fsp3) is 0.500. The number of carbonyl (C=O) groups excluding carboxylic acids is 3. The van der Waals surface area contributed by atoms with Crippen LogP contribution in [0.2, 0.25) is 0 Å². The number of esters is 1. The molecular weight excluding hydrogens is 715 g/mol. The van der Waals surface area contributed by atoms with E-state index in [-0.39, 0.29) is 48.3 Å². The number of hydrogen-bond acceptors (Lipinski definition) is 10. The second-order valence-electron chi connectivity index (χ2n) is 14.2. The monoisotopic (exact) mass is 764 g/mol. The Morgan fingerprint density at radius 2 is 1.72 bits per heavy atom. The molecule has 17 heteroatoms. The summed E-state index contributed by atoms with van der Waals surface area (Å²) >= 11 is 0. The highest BCUT2D eigenvalue weighted by molar-refractivity contribution is 7.91. The zero-order chi connectivity index (χ0) is 39.7. The Hall–Kier alpha value is -5.06. The number of rotatable bonds is 15. The van der Waals surface area contributed by atoms with Crippen molar-refractivity contribution in [2.45, 2.75) is 91.6 Å². The molecule has 2 N–H and O–H groups in total. The van der Waals surface area contributed by atoms with E-state index in [1.54, 1.807) is 76.6 Å². The highest BCUT2D eigenvalue weighted by atomic mass is 32.2. The maximum absolute atomic E-state index is 17.2. The summed E-state index contributed by atoms with van der Waals surface area (Å²) in [6.07, 6.45) is -1.44. The highest BCUT2D eigenvalue weighted by Gasteiger charge is 2.43. The molecule has 0 unspecified atom stereocenters. The Morgan fingerprint density at radius 1 is 1.08 bits per heavy atom. The van der Waals surface area contributed by atoms with Gasteiger partial charge in [0.2, 0.25) is 0 Å². The third-order valence-corrected chi connectivity index (χ3v) is 8.75. The Bertz CT molecular complexity index is 1760. The van der Waals surface area contributed by atoms with E-state index < -0.39 is 75.5 Å². The van der Waals surface area contributed by atoms with Gasteiger partial charge in [0.05, 0.1) is 11.7 Å². The first kappa shape index (κ1) is 42.4. The summed E-state index contributed by atoms with van der Waals surface area (Å²) in [6.45, 7) is 13.3. The van der Waals surface area contributed by atoms with Gasteiger partial charge < -0.3 is 29.0 Å². The molecule has 53 heavy (non-hydrogen) atoms. The summed E-state index contributed by atoms with van der Waals surface area (Å²) in [7, 11) is -5.15. The van der Waals surface area contributed by atoms with Gasteiger partial charge in [-0.05, 0) is 53.5 Å². The molecule has 3 rings (SSSR count). The number of amides is 3. The van der Waals surface area contributed by atoms with Crippen molar-refractivity contribution >= 4 is 45.8 Å². The van der Waals surface area contributed by atoms with Gasteiger partial charge in [0.1, 0.15) is 42.4 Å². The number of carboxylic acid groups (broad SMARTS) is 1. The molecule has 3 amide bonds. The minimum atomic E-state index is -5.15. The van der Waals surface area contributed by atoms with E-state index >= 15 is 4.39 Å². The Morgan fingerprint density at radius 3 is 2.28 bits per heavy atom. The lowest BCUT2D eigenvalue weighted by atomic mass is 10.1. The number of anilines is 2. The van der Waals surface area contributed by atoms with Crippen LogP contribution in [0.5, 0.6) is 5.75 Å². The largest absolute Gasteiger partial charge is 0.487 e. The van der Waals surface area contributed by atoms with Crippen LogP contribution in [0.1, 0.15) is 72.4 Å². The first-order chi connectivity index (χ1) is 24.7. The molecule has 1 aliphatic rings. The van der Waals surface area contributed by atoms with Crippen LogP contribution in [0.15, 0.2) is 49.1 Å². The van der Waals surface area contributed by atoms with Crippen LogP contribution in [0, 0.1) is 5.82 Å². The molecule has 15 nitrogen and oxygen atoms in total. The van der Waals surface area contributed by atoms with Gasteiger partial charge in [-0.1, -0.05) is 56.3 Å². The highest BCUT2D eigenvalue weighted by Crippen LogP contribution is 2.45. The first-order valence-electron chi connectivity index (χ1n) is 17.0. The van der Waals surface area contributed by atoms with Gasteiger partial charge in [-0.2, -0.15) is 8.42 Å². The number of nitrogens with one attached hydrogen (secondary N) is 1. The molecule has 2 aromatic carbocycles. The minimum absolute atomic E-state index is 0.167. The molecule has 0 aromatic heterocycles. The average molecular weight is 765 g/mol. The number of fused-ring (bicyclic) bond motifs is 1. The van der Waals surface area contributed by atoms with Gasteiger partial charge in [-0.25, -0.2) is 27.8 Å². The molecule has 0 bridgehead atoms. The Kier molecular flexibility index (Phi) is 14.1. The number of unbranched alkanes of at least 4 members (excludes halogenated alkanes) is 1. The van der Waals surface area contributed by atoms with E-state index in [1.165, 1.54) is 11.0 Å². The zero-order valence-corrected chi connectivity index (χ0v) is 32.0. The van der Waals surface area contributed by atoms with Crippen LogP contribution in [-0.4, -0.2) is 86.2 Å². The lowest BCUT2D eigenvalue weighted by molar-refractivity contribution is -0.152. The summed E-state index contributed by atoms with van der Waals surface area (Å²) in [5, 5.41) is 10.4. The molecule has 292 valence electrons. The lowest BCUT2D eigenvalue weighted by Gasteiger charge is -2.31. The van der Waals surface area contributed by atoms with Crippen LogP contribution >= 0.6 is 0 Å².